The molecule has 0 bridgehead atoms. The maximum absolute atomic E-state index is 9.78. The molecule has 0 amide bonds. The SMILES string of the molecule is COc1cc(CNC(=S)NCc2ccc(C(C)(C)C)cc2)c(I)cc1O. The minimum Gasteiger partial charge on any atom is -0.504 e. The van der Waals surface area contributed by atoms with Gasteiger partial charge in [0, 0.05) is 16.7 Å². The van der Waals surface area contributed by atoms with Crippen molar-refractivity contribution in [3.63, 3.8) is 0 Å². The Hall–Kier alpha value is -1.54. The fourth-order valence-electron chi connectivity index (χ4n) is 2.43. The molecule has 0 aliphatic carbocycles. The highest BCUT2D eigenvalue weighted by atomic mass is 127. The van der Waals surface area contributed by atoms with Crippen LogP contribution in [0.4, 0.5) is 0 Å². The van der Waals surface area contributed by atoms with Crippen LogP contribution in [0.2, 0.25) is 0 Å². The average molecular weight is 484 g/mol. The van der Waals surface area contributed by atoms with Gasteiger partial charge in [0.05, 0.1) is 7.11 Å². The highest BCUT2D eigenvalue weighted by Crippen LogP contribution is 2.30. The van der Waals surface area contributed by atoms with Crippen LogP contribution < -0.4 is 15.4 Å². The van der Waals surface area contributed by atoms with Crippen LogP contribution in [0, 0.1) is 3.57 Å². The zero-order valence-electron chi connectivity index (χ0n) is 15.5. The smallest absolute Gasteiger partial charge is 0.166 e. The lowest BCUT2D eigenvalue weighted by Crippen LogP contribution is -2.34. The molecule has 26 heavy (non-hydrogen) atoms. The van der Waals surface area contributed by atoms with Gasteiger partial charge in [0.2, 0.25) is 0 Å². The average Bonchev–Trinajstić information content (AvgIpc) is 2.59. The third-order valence-corrected chi connectivity index (χ3v) is 5.35. The number of benzene rings is 2. The van der Waals surface area contributed by atoms with E-state index in [0.29, 0.717) is 24.0 Å². The summed E-state index contributed by atoms with van der Waals surface area (Å²) in [6, 6.07) is 12.1. The van der Waals surface area contributed by atoms with Crippen LogP contribution in [0.15, 0.2) is 36.4 Å². The Bertz CT molecular complexity index is 771. The van der Waals surface area contributed by atoms with E-state index in [2.05, 4.69) is 78.3 Å². The number of ether oxygens (including phenoxy) is 1. The molecule has 0 fully saturated rings. The van der Waals surface area contributed by atoms with Crippen molar-refractivity contribution in [2.24, 2.45) is 0 Å². The van der Waals surface area contributed by atoms with Gasteiger partial charge in [0.15, 0.2) is 16.6 Å². The van der Waals surface area contributed by atoms with Crippen LogP contribution in [0.3, 0.4) is 0 Å². The summed E-state index contributed by atoms with van der Waals surface area (Å²) in [5.41, 5.74) is 3.67. The highest BCUT2D eigenvalue weighted by Gasteiger charge is 2.13. The molecule has 0 unspecified atom stereocenters. The maximum atomic E-state index is 9.78. The quantitative estimate of drug-likeness (QED) is 0.432. The van der Waals surface area contributed by atoms with Gasteiger partial charge in [-0.1, -0.05) is 45.0 Å². The number of hydrogen-bond acceptors (Lipinski definition) is 3. The Morgan fingerprint density at radius 3 is 2.31 bits per heavy atom. The van der Waals surface area contributed by atoms with Crippen molar-refractivity contribution in [1.29, 1.82) is 0 Å². The Balaban J connectivity index is 1.88. The summed E-state index contributed by atoms with van der Waals surface area (Å²) in [5.74, 6) is 0.597. The number of hydrogen-bond donors (Lipinski definition) is 3. The van der Waals surface area contributed by atoms with Crippen LogP contribution in [0.5, 0.6) is 11.5 Å². The third-order valence-electron chi connectivity index (χ3n) is 4.06. The minimum absolute atomic E-state index is 0.139. The van der Waals surface area contributed by atoms with Crippen molar-refractivity contribution in [3.8, 4) is 11.5 Å². The summed E-state index contributed by atoms with van der Waals surface area (Å²) < 4.78 is 6.11. The molecule has 0 aliphatic heterocycles. The fraction of sp³-hybridized carbons (Fsp3) is 0.350. The number of nitrogens with one attached hydrogen (secondary N) is 2. The number of thiocarbonyl (C=S) groups is 1. The summed E-state index contributed by atoms with van der Waals surface area (Å²) in [4.78, 5) is 0. The summed E-state index contributed by atoms with van der Waals surface area (Å²) in [6.07, 6.45) is 0. The van der Waals surface area contributed by atoms with Crippen molar-refractivity contribution in [1.82, 2.24) is 10.6 Å². The minimum atomic E-state index is 0.139. The molecular weight excluding hydrogens is 459 g/mol. The predicted octanol–water partition coefficient (Wildman–Crippen LogP) is 4.47. The van der Waals surface area contributed by atoms with E-state index < -0.39 is 0 Å². The van der Waals surface area contributed by atoms with Crippen LogP contribution >= 0.6 is 34.8 Å². The molecule has 0 heterocycles. The molecule has 0 saturated heterocycles. The normalized spacial score (nSPS) is 11.1. The second-order valence-corrected chi connectivity index (χ2v) is 8.67. The lowest BCUT2D eigenvalue weighted by Gasteiger charge is -2.19. The van der Waals surface area contributed by atoms with Gasteiger partial charge < -0.3 is 20.5 Å². The van der Waals surface area contributed by atoms with Crippen molar-refractivity contribution in [2.75, 3.05) is 7.11 Å². The van der Waals surface area contributed by atoms with Gasteiger partial charge in [-0.05, 0) is 69.0 Å². The zero-order chi connectivity index (χ0) is 19.3. The molecule has 140 valence electrons. The van der Waals surface area contributed by atoms with Crippen LogP contribution in [-0.2, 0) is 18.5 Å². The summed E-state index contributed by atoms with van der Waals surface area (Å²) >= 11 is 7.55. The van der Waals surface area contributed by atoms with E-state index in [4.69, 9.17) is 17.0 Å². The van der Waals surface area contributed by atoms with Crippen LogP contribution in [0.1, 0.15) is 37.5 Å². The van der Waals surface area contributed by atoms with Gasteiger partial charge in [0.1, 0.15) is 0 Å². The van der Waals surface area contributed by atoms with E-state index >= 15 is 0 Å². The number of methoxy groups -OCH3 is 1. The number of phenolic OH excluding ortho intramolecular Hbond substituents is 1. The summed E-state index contributed by atoms with van der Waals surface area (Å²) in [7, 11) is 1.54. The largest absolute Gasteiger partial charge is 0.504 e. The molecule has 6 heteroatoms. The molecule has 0 atom stereocenters. The molecule has 2 aromatic carbocycles. The summed E-state index contributed by atoms with van der Waals surface area (Å²) in [5, 5.41) is 16.8. The fourth-order valence-corrected chi connectivity index (χ4v) is 3.21. The second-order valence-electron chi connectivity index (χ2n) is 7.10. The number of phenols is 1. The molecule has 2 aromatic rings. The standard InChI is InChI=1S/C20H25IN2O2S/c1-20(2,3)15-7-5-13(6-8-15)11-22-19(26)23-12-14-9-18(25-4)17(24)10-16(14)21/h5-10,24H,11-12H2,1-4H3,(H2,22,23,26). The summed E-state index contributed by atoms with van der Waals surface area (Å²) in [6.45, 7) is 7.85. The molecular formula is C20H25IN2O2S. The van der Waals surface area contributed by atoms with Crippen molar-refractivity contribution < 1.29 is 9.84 Å². The van der Waals surface area contributed by atoms with Crippen molar-refractivity contribution in [2.45, 2.75) is 39.3 Å². The third kappa shape index (κ3) is 5.74. The van der Waals surface area contributed by atoms with Gasteiger partial charge in [-0.25, -0.2) is 0 Å². The lowest BCUT2D eigenvalue weighted by atomic mass is 9.87. The monoisotopic (exact) mass is 484 g/mol. The predicted molar refractivity (Wildman–Crippen MR) is 119 cm³/mol. The Morgan fingerprint density at radius 2 is 1.73 bits per heavy atom. The second kappa shape index (κ2) is 8.90. The maximum Gasteiger partial charge on any atom is 0.166 e. The van der Waals surface area contributed by atoms with Gasteiger partial charge >= 0.3 is 0 Å². The van der Waals surface area contributed by atoms with E-state index in [1.54, 1.807) is 6.07 Å². The van der Waals surface area contributed by atoms with Crippen LogP contribution in [-0.4, -0.2) is 17.3 Å². The Labute approximate surface area is 174 Å². The zero-order valence-corrected chi connectivity index (χ0v) is 18.5. The van der Waals surface area contributed by atoms with E-state index in [1.807, 2.05) is 6.07 Å². The van der Waals surface area contributed by atoms with Gasteiger partial charge in [-0.15, -0.1) is 0 Å². The molecule has 0 aliphatic rings. The van der Waals surface area contributed by atoms with E-state index in [1.165, 1.54) is 18.2 Å². The Morgan fingerprint density at radius 1 is 1.12 bits per heavy atom. The van der Waals surface area contributed by atoms with Gasteiger partial charge in [0.25, 0.3) is 0 Å². The Kier molecular flexibility index (Phi) is 7.11. The van der Waals surface area contributed by atoms with E-state index in [9.17, 15) is 5.11 Å². The molecule has 0 radical (unpaired) electrons. The molecule has 0 aromatic heterocycles. The first kappa shape index (κ1) is 20.8. The number of rotatable bonds is 5. The molecule has 2 rings (SSSR count). The first-order valence-electron chi connectivity index (χ1n) is 8.37. The molecule has 3 N–H and O–H groups in total. The van der Waals surface area contributed by atoms with E-state index in [-0.39, 0.29) is 11.2 Å². The first-order chi connectivity index (χ1) is 12.2. The molecule has 4 nitrogen and oxygen atoms in total. The van der Waals surface area contributed by atoms with Gasteiger partial charge in [-0.3, -0.25) is 0 Å². The van der Waals surface area contributed by atoms with Crippen molar-refractivity contribution in [3.05, 3.63) is 56.7 Å². The van der Waals surface area contributed by atoms with Gasteiger partial charge in [-0.2, -0.15) is 0 Å². The van der Waals surface area contributed by atoms with E-state index in [0.717, 1.165) is 9.13 Å². The molecule has 0 spiro atoms. The molecule has 0 saturated carbocycles. The lowest BCUT2D eigenvalue weighted by molar-refractivity contribution is 0.372. The highest BCUT2D eigenvalue weighted by molar-refractivity contribution is 14.1. The first-order valence-corrected chi connectivity index (χ1v) is 9.86. The topological polar surface area (TPSA) is 53.5 Å². The van der Waals surface area contributed by atoms with Crippen molar-refractivity contribution >= 4 is 39.9 Å². The van der Waals surface area contributed by atoms with Crippen LogP contribution in [0.25, 0.3) is 0 Å². The number of halogens is 1. The number of aromatic hydroxyl groups is 1.